The van der Waals surface area contributed by atoms with E-state index in [2.05, 4.69) is 80.4 Å². The van der Waals surface area contributed by atoms with E-state index in [1.54, 1.807) is 6.92 Å². The fraction of sp³-hybridized carbons (Fsp3) is 0.529. The van der Waals surface area contributed by atoms with Crippen LogP contribution >= 0.6 is 0 Å². The Bertz CT molecular complexity index is 3470. The first-order chi connectivity index (χ1) is 40.3. The summed E-state index contributed by atoms with van der Waals surface area (Å²) in [5.74, 6) is 15.4. The first-order valence-electron chi connectivity index (χ1n) is 26.2. The minimum atomic E-state index is -1.29. The van der Waals surface area contributed by atoms with Crippen LogP contribution in [0.3, 0.4) is 0 Å². The van der Waals surface area contributed by atoms with Crippen molar-refractivity contribution in [2.45, 2.75) is 145 Å². The maximum atomic E-state index is 11.3. The van der Waals surface area contributed by atoms with Crippen molar-refractivity contribution >= 4 is 68.9 Å². The number of unbranched alkanes of at least 4 members (excludes halogenated alkanes) is 4. The normalized spacial score (nSPS) is 24.2. The Morgan fingerprint density at radius 3 is 1.18 bits per heavy atom. The average Bonchev–Trinajstić information content (AvgIpc) is 3.42. The summed E-state index contributed by atoms with van der Waals surface area (Å²) < 4.78 is 25.5. The monoisotopic (exact) mass is 1170 g/mol. The van der Waals surface area contributed by atoms with Crippen molar-refractivity contribution in [3.05, 3.63) is 36.5 Å². The number of hydrogen-bond acceptors (Lipinski definition) is 28. The molecule has 0 unspecified atom stereocenters. The van der Waals surface area contributed by atoms with E-state index in [-0.39, 0.29) is 94.6 Å². The molecule has 0 aliphatic carbocycles. The molecule has 0 bridgehead atoms. The van der Waals surface area contributed by atoms with Crippen LogP contribution in [0.5, 0.6) is 0 Å². The number of fused-ring (bicyclic) bond motifs is 3. The Hall–Kier alpha value is -8.34. The van der Waals surface area contributed by atoms with Gasteiger partial charge in [-0.25, -0.2) is 44.9 Å². The number of ether oxygens (including phenoxy) is 4. The molecule has 9 rings (SSSR count). The van der Waals surface area contributed by atoms with Gasteiger partial charge < -0.3 is 92.3 Å². The smallest absolute Gasteiger partial charge is 0.306 e. The number of anilines is 3. The number of aliphatic hydroxyl groups excluding tert-OH is 9. The lowest BCUT2D eigenvalue weighted by Gasteiger charge is -2.16. The summed E-state index contributed by atoms with van der Waals surface area (Å²) in [6.07, 6.45) is -5.28. The van der Waals surface area contributed by atoms with Gasteiger partial charge in [0.25, 0.3) is 0 Å². The van der Waals surface area contributed by atoms with Gasteiger partial charge in [-0.3, -0.25) is 28.1 Å². The molecule has 12 atom stereocenters. The van der Waals surface area contributed by atoms with Gasteiger partial charge in [0.1, 0.15) is 71.5 Å². The average molecular weight is 1170 g/mol. The second-order valence-corrected chi connectivity index (χ2v) is 18.9. The van der Waals surface area contributed by atoms with Gasteiger partial charge in [-0.05, 0) is 43.9 Å². The number of esters is 1. The molecule has 84 heavy (non-hydrogen) atoms. The minimum Gasteiger partial charge on any atom is -0.481 e. The van der Waals surface area contributed by atoms with Crippen molar-refractivity contribution in [3.63, 3.8) is 0 Å². The Kier molecular flexibility index (Phi) is 22.0. The summed E-state index contributed by atoms with van der Waals surface area (Å²) in [7, 11) is 0. The number of imidazole rings is 3. The van der Waals surface area contributed by atoms with Crippen molar-refractivity contribution in [1.82, 2.24) is 58.6 Å². The fourth-order valence-electron chi connectivity index (χ4n) is 8.69. The standard InChI is InChI=1S/C18H23N5O6.C17H21N5O6.C16H19N5O6/c19-16-13-17(22-11(21-16)6-4-2-1-3-5-7-12(25)26)23(9-20-13)18-15(28)14(27)10(8-24)29-18;1-2-27-11(24)6-4-3-5-10-20-15(18)12-16(21-10)22(8-19-12)17-14(26)13(25)9(7-23)28-17;17-14-11-15(20-9(19-14)4-2-1-3-5-10(23)24)21(7-18-11)16-13(26)12(25)8(6-22)27-16/h9-10,14-15,18,24,27-28H,1-3,5,7-8H2,(H,25,26)(H2,19,21,22);8-9,13-14,17,23,25-26H,2,4,6-7H2,1H3,(H2,18,20,21);7-8,12-13,16,22,25-26H,1,3,5-6H2,(H,23,24)(H2,17,19,20)/t10-,14-,15-,18-;9-,13-,14-,17-;8-,12-,13-,16-/m111/s1. The molecule has 3 saturated heterocycles. The lowest BCUT2D eigenvalue weighted by atomic mass is 10.1. The summed E-state index contributed by atoms with van der Waals surface area (Å²) in [5.41, 5.74) is 19.4. The van der Waals surface area contributed by atoms with Gasteiger partial charge in [0, 0.05) is 32.1 Å². The van der Waals surface area contributed by atoms with Crippen LogP contribution in [0.25, 0.3) is 33.5 Å². The number of nitrogen functional groups attached to an aromatic ring is 3. The van der Waals surface area contributed by atoms with Crippen molar-refractivity contribution in [2.75, 3.05) is 43.6 Å². The maximum Gasteiger partial charge on any atom is 0.306 e. The van der Waals surface area contributed by atoms with Gasteiger partial charge >= 0.3 is 17.9 Å². The molecule has 450 valence electrons. The quantitative estimate of drug-likeness (QED) is 0.0242. The molecule has 33 heteroatoms. The highest BCUT2D eigenvalue weighted by atomic mass is 16.6. The number of nitrogens with two attached hydrogens (primary N) is 3. The fourth-order valence-corrected chi connectivity index (χ4v) is 8.69. The Balaban J connectivity index is 0.000000181. The summed E-state index contributed by atoms with van der Waals surface area (Å²) >= 11 is 0. The van der Waals surface area contributed by atoms with Crippen LogP contribution in [0.1, 0.15) is 107 Å². The van der Waals surface area contributed by atoms with E-state index >= 15 is 0 Å². The van der Waals surface area contributed by atoms with Crippen LogP contribution in [0.15, 0.2) is 19.0 Å². The first-order valence-corrected chi connectivity index (χ1v) is 26.2. The van der Waals surface area contributed by atoms with Gasteiger partial charge in [-0.15, -0.1) is 0 Å². The van der Waals surface area contributed by atoms with Crippen LogP contribution in [0, 0.1) is 35.5 Å². The molecule has 17 N–H and O–H groups in total. The molecular formula is C51H63N15O18. The Morgan fingerprint density at radius 1 is 0.500 bits per heavy atom. The highest BCUT2D eigenvalue weighted by Gasteiger charge is 2.46. The summed E-state index contributed by atoms with van der Waals surface area (Å²) in [5, 5.41) is 105. The summed E-state index contributed by atoms with van der Waals surface area (Å²) in [6.45, 7) is 0.696. The molecule has 33 nitrogen and oxygen atoms in total. The molecule has 9 heterocycles. The van der Waals surface area contributed by atoms with Crippen LogP contribution in [0.4, 0.5) is 17.5 Å². The van der Waals surface area contributed by atoms with Crippen LogP contribution in [-0.4, -0.2) is 214 Å². The Morgan fingerprint density at radius 2 is 0.845 bits per heavy atom. The van der Waals surface area contributed by atoms with Crippen LogP contribution in [-0.2, 0) is 33.3 Å². The molecule has 0 spiro atoms. The zero-order chi connectivity index (χ0) is 60.8. The third-order valence-electron chi connectivity index (χ3n) is 13.0. The molecule has 6 aromatic rings. The second-order valence-electron chi connectivity index (χ2n) is 18.9. The van der Waals surface area contributed by atoms with Gasteiger partial charge in [-0.1, -0.05) is 24.2 Å². The SMILES string of the molecule is CCOC(=O)CCC#Cc1nc(N)c2ncn([C@@H]3O[C@H](CO)[C@@H](O)[C@H]3O)c2n1.Nc1nc(C#CCCCC(=O)O)nc2c1ncn2[C@@H]1O[C@H](CO)[C@@H](O)[C@H]1O.Nc1nc(C#CCCCCCC(=O)O)nc2c1ncn2[C@@H]1O[C@H](CO)[C@@H](O)[C@H]1O. The lowest BCUT2D eigenvalue weighted by molar-refractivity contribution is -0.143. The molecule has 6 aromatic heterocycles. The van der Waals surface area contributed by atoms with E-state index in [1.807, 2.05) is 0 Å². The van der Waals surface area contributed by atoms with Gasteiger partial charge in [0.15, 0.2) is 53.1 Å². The predicted octanol–water partition coefficient (Wildman–Crippen LogP) is -3.25. The Labute approximate surface area is 476 Å². The third kappa shape index (κ3) is 15.1. The molecule has 3 fully saturated rings. The largest absolute Gasteiger partial charge is 0.481 e. The third-order valence-corrected chi connectivity index (χ3v) is 13.0. The lowest BCUT2D eigenvalue weighted by Crippen LogP contribution is -2.33. The van der Waals surface area contributed by atoms with E-state index in [1.165, 1.54) is 32.7 Å². The van der Waals surface area contributed by atoms with E-state index in [0.29, 0.717) is 37.8 Å². The molecule has 0 aromatic carbocycles. The van der Waals surface area contributed by atoms with Crippen molar-refractivity contribution in [2.24, 2.45) is 0 Å². The molecular weight excluding hydrogens is 1110 g/mol. The molecule has 0 radical (unpaired) electrons. The number of carboxylic acids is 2. The van der Waals surface area contributed by atoms with Gasteiger partial charge in [-0.2, -0.15) is 0 Å². The van der Waals surface area contributed by atoms with E-state index < -0.39 is 105 Å². The number of carbonyl (C=O) groups excluding carboxylic acids is 1. The molecule has 3 aliphatic heterocycles. The van der Waals surface area contributed by atoms with Gasteiger partial charge in [0.05, 0.1) is 51.8 Å². The number of hydrogen-bond donors (Lipinski definition) is 14. The maximum absolute atomic E-state index is 11.3. The molecule has 0 saturated carbocycles. The number of aliphatic hydroxyl groups is 9. The van der Waals surface area contributed by atoms with Gasteiger partial charge in [0.2, 0.25) is 17.5 Å². The number of rotatable bonds is 17. The van der Waals surface area contributed by atoms with E-state index in [9.17, 15) is 60.3 Å². The number of nitrogens with zero attached hydrogens (tertiary/aromatic N) is 12. The van der Waals surface area contributed by atoms with E-state index in [0.717, 1.165) is 12.8 Å². The minimum absolute atomic E-state index is 0.0226. The van der Waals surface area contributed by atoms with Crippen LogP contribution in [0.2, 0.25) is 0 Å². The predicted molar refractivity (Wildman–Crippen MR) is 287 cm³/mol. The topological polar surface area (TPSA) is 520 Å². The highest BCUT2D eigenvalue weighted by molar-refractivity contribution is 5.83. The highest BCUT2D eigenvalue weighted by Crippen LogP contribution is 2.35. The second kappa shape index (κ2) is 29.3. The summed E-state index contributed by atoms with van der Waals surface area (Å²) in [6, 6.07) is 0. The van der Waals surface area contributed by atoms with Crippen molar-refractivity contribution < 1.29 is 89.5 Å². The zero-order valence-corrected chi connectivity index (χ0v) is 44.9. The summed E-state index contributed by atoms with van der Waals surface area (Å²) in [4.78, 5) is 69.8. The number of carboxylic acid groups (broad SMARTS) is 2. The zero-order valence-electron chi connectivity index (χ0n) is 44.9. The molecule has 3 aliphatic rings. The molecule has 0 amide bonds. The van der Waals surface area contributed by atoms with Crippen molar-refractivity contribution in [3.8, 4) is 35.5 Å². The van der Waals surface area contributed by atoms with E-state index in [4.69, 9.17) is 46.4 Å². The number of aliphatic carboxylic acids is 2. The first kappa shape index (κ1) is 63.2. The van der Waals surface area contributed by atoms with Crippen LogP contribution < -0.4 is 17.2 Å². The van der Waals surface area contributed by atoms with Crippen molar-refractivity contribution in [1.29, 1.82) is 0 Å². The number of carbonyl (C=O) groups is 3. The number of aromatic nitrogens is 12.